The Hall–Kier alpha value is -1.18. The second-order valence-electron chi connectivity index (χ2n) is 5.69. The minimum atomic E-state index is -3.66. The van der Waals surface area contributed by atoms with E-state index in [9.17, 15) is 12.8 Å². The number of sulfonamides is 1. The lowest BCUT2D eigenvalue weighted by Gasteiger charge is -2.34. The number of nitrogens with two attached hydrogens (primary N) is 1. The fraction of sp³-hybridized carbons (Fsp3) is 0.571. The molecular weight excluding hydrogens is 293 g/mol. The Morgan fingerprint density at radius 3 is 2.48 bits per heavy atom. The number of rotatable bonds is 3. The lowest BCUT2D eigenvalue weighted by Crippen LogP contribution is -2.44. The van der Waals surface area contributed by atoms with Crippen LogP contribution in [-0.2, 0) is 10.0 Å². The zero-order chi connectivity index (χ0) is 15.8. The molecular formula is C14H22FN3O2S. The van der Waals surface area contributed by atoms with Gasteiger partial charge in [-0.1, -0.05) is 0 Å². The first-order valence-corrected chi connectivity index (χ1v) is 8.39. The normalized spacial score (nSPS) is 18.3. The first-order chi connectivity index (χ1) is 9.73. The highest BCUT2D eigenvalue weighted by molar-refractivity contribution is 7.89. The van der Waals surface area contributed by atoms with Crippen molar-refractivity contribution in [2.75, 3.05) is 32.9 Å². The molecule has 0 saturated carbocycles. The van der Waals surface area contributed by atoms with E-state index in [1.165, 1.54) is 16.4 Å². The van der Waals surface area contributed by atoms with Gasteiger partial charge in [0.2, 0.25) is 10.0 Å². The van der Waals surface area contributed by atoms with E-state index in [1.807, 2.05) is 7.05 Å². The summed E-state index contributed by atoms with van der Waals surface area (Å²) in [5.74, 6) is -0.589. The molecule has 5 nitrogen and oxygen atoms in total. The molecule has 0 amide bonds. The van der Waals surface area contributed by atoms with Gasteiger partial charge in [-0.25, -0.2) is 12.8 Å². The maximum Gasteiger partial charge on any atom is 0.243 e. The molecule has 0 atom stereocenters. The topological polar surface area (TPSA) is 66.6 Å². The van der Waals surface area contributed by atoms with E-state index in [1.54, 1.807) is 14.0 Å². The van der Waals surface area contributed by atoms with Crippen molar-refractivity contribution in [1.82, 2.24) is 9.21 Å². The Morgan fingerprint density at radius 1 is 1.33 bits per heavy atom. The van der Waals surface area contributed by atoms with E-state index in [-0.39, 0.29) is 16.6 Å². The van der Waals surface area contributed by atoms with Crippen LogP contribution in [0.2, 0.25) is 0 Å². The van der Waals surface area contributed by atoms with Crippen LogP contribution in [0.15, 0.2) is 17.0 Å². The zero-order valence-corrected chi connectivity index (χ0v) is 13.5. The standard InChI is InChI=1S/C14H22FN3O2S/c1-10-8-12(15)13(16)9-14(10)21(19,20)18(3)11-4-6-17(2)7-5-11/h8-9,11H,4-7,16H2,1-3H3. The third-order valence-electron chi connectivity index (χ3n) is 4.15. The highest BCUT2D eigenvalue weighted by Gasteiger charge is 2.31. The summed E-state index contributed by atoms with van der Waals surface area (Å²) < 4.78 is 40.3. The molecule has 2 rings (SSSR count). The number of hydrogen-bond donors (Lipinski definition) is 1. The third-order valence-corrected chi connectivity index (χ3v) is 6.21. The molecule has 0 aliphatic carbocycles. The van der Waals surface area contributed by atoms with E-state index >= 15 is 0 Å². The van der Waals surface area contributed by atoms with Crippen molar-refractivity contribution in [1.29, 1.82) is 0 Å². The number of hydrogen-bond acceptors (Lipinski definition) is 4. The van der Waals surface area contributed by atoms with Crippen molar-refractivity contribution in [2.24, 2.45) is 0 Å². The molecule has 0 aromatic heterocycles. The molecule has 1 heterocycles. The molecule has 1 saturated heterocycles. The summed E-state index contributed by atoms with van der Waals surface area (Å²) in [6.07, 6.45) is 1.59. The fourth-order valence-electron chi connectivity index (χ4n) is 2.66. The number of likely N-dealkylation sites (tertiary alicyclic amines) is 1. The Kier molecular flexibility index (Phi) is 4.55. The van der Waals surface area contributed by atoms with Crippen LogP contribution in [0, 0.1) is 12.7 Å². The molecule has 1 aliphatic heterocycles. The Bertz CT molecular complexity index is 625. The van der Waals surface area contributed by atoms with Crippen LogP contribution in [0.4, 0.5) is 10.1 Å². The monoisotopic (exact) mass is 315 g/mol. The Morgan fingerprint density at radius 2 is 1.90 bits per heavy atom. The molecule has 1 aromatic rings. The van der Waals surface area contributed by atoms with E-state index in [4.69, 9.17) is 5.73 Å². The van der Waals surface area contributed by atoms with Gasteiger partial charge in [-0.3, -0.25) is 0 Å². The molecule has 0 unspecified atom stereocenters. The summed E-state index contributed by atoms with van der Waals surface area (Å²) in [4.78, 5) is 2.26. The van der Waals surface area contributed by atoms with E-state index in [0.29, 0.717) is 5.56 Å². The van der Waals surface area contributed by atoms with Gasteiger partial charge in [0.15, 0.2) is 0 Å². The van der Waals surface area contributed by atoms with Gasteiger partial charge in [-0.05, 0) is 57.6 Å². The van der Waals surface area contributed by atoms with Gasteiger partial charge in [-0.2, -0.15) is 4.31 Å². The summed E-state index contributed by atoms with van der Waals surface area (Å²) in [5.41, 5.74) is 5.75. The van der Waals surface area contributed by atoms with Crippen LogP contribution in [0.1, 0.15) is 18.4 Å². The SMILES string of the molecule is Cc1cc(F)c(N)cc1S(=O)(=O)N(C)C1CCN(C)CC1. The highest BCUT2D eigenvalue weighted by atomic mass is 32.2. The first kappa shape index (κ1) is 16.2. The van der Waals surface area contributed by atoms with E-state index in [0.717, 1.165) is 25.9 Å². The predicted octanol–water partition coefficient (Wildman–Crippen LogP) is 1.43. The maximum absolute atomic E-state index is 13.4. The van der Waals surface area contributed by atoms with Crippen LogP contribution in [0.5, 0.6) is 0 Å². The van der Waals surface area contributed by atoms with Crippen molar-refractivity contribution < 1.29 is 12.8 Å². The molecule has 118 valence electrons. The number of aryl methyl sites for hydroxylation is 1. The number of halogens is 1. The predicted molar refractivity (Wildman–Crippen MR) is 81.0 cm³/mol. The first-order valence-electron chi connectivity index (χ1n) is 6.95. The minimum Gasteiger partial charge on any atom is -0.396 e. The molecule has 1 aromatic carbocycles. The molecule has 0 radical (unpaired) electrons. The lowest BCUT2D eigenvalue weighted by molar-refractivity contribution is 0.197. The number of nitrogen functional groups attached to an aromatic ring is 1. The number of nitrogens with zero attached hydrogens (tertiary/aromatic N) is 2. The third kappa shape index (κ3) is 3.20. The van der Waals surface area contributed by atoms with Crippen LogP contribution >= 0.6 is 0 Å². The molecule has 2 N–H and O–H groups in total. The average Bonchev–Trinajstić information content (AvgIpc) is 2.42. The van der Waals surface area contributed by atoms with Crippen molar-refractivity contribution >= 4 is 15.7 Å². The second-order valence-corrected chi connectivity index (χ2v) is 7.66. The maximum atomic E-state index is 13.4. The average molecular weight is 315 g/mol. The fourth-order valence-corrected chi connectivity index (χ4v) is 4.31. The highest BCUT2D eigenvalue weighted by Crippen LogP contribution is 2.27. The largest absolute Gasteiger partial charge is 0.396 e. The molecule has 7 heteroatoms. The van der Waals surface area contributed by atoms with Gasteiger partial charge in [0.05, 0.1) is 10.6 Å². The molecule has 1 aliphatic rings. The summed E-state index contributed by atoms with van der Waals surface area (Å²) >= 11 is 0. The smallest absolute Gasteiger partial charge is 0.243 e. The van der Waals surface area contributed by atoms with Gasteiger partial charge in [0, 0.05) is 13.1 Å². The van der Waals surface area contributed by atoms with Crippen LogP contribution in [-0.4, -0.2) is 50.8 Å². The van der Waals surface area contributed by atoms with Gasteiger partial charge in [0.25, 0.3) is 0 Å². The molecule has 0 spiro atoms. The summed E-state index contributed by atoms with van der Waals surface area (Å²) in [5, 5.41) is 0. The van der Waals surface area contributed by atoms with Crippen LogP contribution < -0.4 is 5.73 Å². The minimum absolute atomic E-state index is 0.0307. The molecule has 1 fully saturated rings. The van der Waals surface area contributed by atoms with Gasteiger partial charge >= 0.3 is 0 Å². The van der Waals surface area contributed by atoms with Crippen LogP contribution in [0.25, 0.3) is 0 Å². The van der Waals surface area contributed by atoms with Gasteiger partial charge < -0.3 is 10.6 Å². The summed E-state index contributed by atoms with van der Waals surface area (Å²) in [6.45, 7) is 3.32. The van der Waals surface area contributed by atoms with E-state index in [2.05, 4.69) is 4.90 Å². The Balaban J connectivity index is 2.31. The Labute approximate surface area is 125 Å². The van der Waals surface area contributed by atoms with Crippen LogP contribution in [0.3, 0.4) is 0 Å². The van der Waals surface area contributed by atoms with E-state index < -0.39 is 15.8 Å². The van der Waals surface area contributed by atoms with Crippen molar-refractivity contribution in [3.63, 3.8) is 0 Å². The number of anilines is 1. The summed E-state index contributed by atoms with van der Waals surface area (Å²) in [7, 11) is -0.0469. The summed E-state index contributed by atoms with van der Waals surface area (Å²) in [6, 6.07) is 2.35. The molecule has 0 bridgehead atoms. The van der Waals surface area contributed by atoms with Crippen molar-refractivity contribution in [3.8, 4) is 0 Å². The number of piperidine rings is 1. The van der Waals surface area contributed by atoms with Gasteiger partial charge in [0.1, 0.15) is 5.82 Å². The van der Waals surface area contributed by atoms with Crippen molar-refractivity contribution in [2.45, 2.75) is 30.7 Å². The second kappa shape index (κ2) is 5.90. The van der Waals surface area contributed by atoms with Gasteiger partial charge in [-0.15, -0.1) is 0 Å². The van der Waals surface area contributed by atoms with Crippen molar-refractivity contribution in [3.05, 3.63) is 23.5 Å². The zero-order valence-electron chi connectivity index (χ0n) is 12.6. The number of benzene rings is 1. The quantitative estimate of drug-likeness (QED) is 0.857. The molecule has 21 heavy (non-hydrogen) atoms. The lowest BCUT2D eigenvalue weighted by atomic mass is 10.1.